The van der Waals surface area contributed by atoms with Crippen LogP contribution in [0.15, 0.2) is 42.5 Å². The highest BCUT2D eigenvalue weighted by atomic mass is 32.1. The second-order valence-corrected chi connectivity index (χ2v) is 11.3. The summed E-state index contributed by atoms with van der Waals surface area (Å²) in [6.45, 7) is 2.64. The summed E-state index contributed by atoms with van der Waals surface area (Å²) in [4.78, 5) is 30.1. The van der Waals surface area contributed by atoms with Crippen molar-refractivity contribution in [2.75, 3.05) is 30.9 Å². The molecule has 3 heterocycles. The number of hydrogen-bond acceptors (Lipinski definition) is 8. The predicted octanol–water partition coefficient (Wildman–Crippen LogP) is 5.22. The number of amides is 1. The summed E-state index contributed by atoms with van der Waals surface area (Å²) in [5, 5.41) is 8.72. The number of hydrogen-bond donors (Lipinski definition) is 2. The fourth-order valence-electron chi connectivity index (χ4n) is 5.33. The van der Waals surface area contributed by atoms with E-state index in [0.717, 1.165) is 77.4 Å². The molecule has 0 bridgehead atoms. The molecule has 2 aromatic carbocycles. The van der Waals surface area contributed by atoms with Crippen molar-refractivity contribution in [2.45, 2.75) is 51.1 Å². The Kier molecular flexibility index (Phi) is 6.61. The van der Waals surface area contributed by atoms with Gasteiger partial charge in [-0.25, -0.2) is 9.97 Å². The third kappa shape index (κ3) is 4.90. The van der Waals surface area contributed by atoms with E-state index in [4.69, 9.17) is 19.7 Å². The number of benzene rings is 2. The van der Waals surface area contributed by atoms with Gasteiger partial charge in [-0.05, 0) is 68.5 Å². The predicted molar refractivity (Wildman–Crippen MR) is 152 cm³/mol. The Balaban J connectivity index is 1.08. The SMILES string of the molecule is Cc1nc(-c2ccc3c(c2)CCO3)sc1C(=O)N[C@H]1CC[C@@H](Nc2nc(N(C)C)c3ccccc3n2)CC1. The maximum Gasteiger partial charge on any atom is 0.263 e. The molecule has 1 amide bonds. The lowest BCUT2D eigenvalue weighted by Gasteiger charge is -2.30. The number of fused-ring (bicyclic) bond motifs is 2. The second-order valence-electron chi connectivity index (χ2n) is 10.3. The smallest absolute Gasteiger partial charge is 0.263 e. The van der Waals surface area contributed by atoms with Gasteiger partial charge in [-0.2, -0.15) is 4.98 Å². The molecule has 38 heavy (non-hydrogen) atoms. The van der Waals surface area contributed by atoms with Gasteiger partial charge in [0.05, 0.1) is 17.8 Å². The molecule has 0 unspecified atom stereocenters. The quantitative estimate of drug-likeness (QED) is 0.355. The molecule has 2 aliphatic rings. The number of aryl methyl sites for hydroxylation is 1. The van der Waals surface area contributed by atoms with Crippen molar-refractivity contribution in [3.8, 4) is 16.3 Å². The summed E-state index contributed by atoms with van der Waals surface area (Å²) in [5.74, 6) is 2.49. The van der Waals surface area contributed by atoms with E-state index in [-0.39, 0.29) is 18.0 Å². The largest absolute Gasteiger partial charge is 0.493 e. The number of nitrogens with zero attached hydrogens (tertiary/aromatic N) is 4. The van der Waals surface area contributed by atoms with Crippen LogP contribution in [0.3, 0.4) is 0 Å². The highest BCUT2D eigenvalue weighted by Crippen LogP contribution is 2.34. The van der Waals surface area contributed by atoms with Crippen molar-refractivity contribution >= 4 is 39.9 Å². The first kappa shape index (κ1) is 24.6. The zero-order valence-corrected chi connectivity index (χ0v) is 22.8. The first-order valence-electron chi connectivity index (χ1n) is 13.2. The van der Waals surface area contributed by atoms with Gasteiger partial charge in [0.25, 0.3) is 5.91 Å². The summed E-state index contributed by atoms with van der Waals surface area (Å²) in [7, 11) is 4.00. The van der Waals surface area contributed by atoms with E-state index >= 15 is 0 Å². The van der Waals surface area contributed by atoms with Gasteiger partial charge in [-0.3, -0.25) is 4.79 Å². The maximum atomic E-state index is 13.2. The van der Waals surface area contributed by atoms with Crippen LogP contribution in [0.4, 0.5) is 11.8 Å². The minimum Gasteiger partial charge on any atom is -0.493 e. The van der Waals surface area contributed by atoms with E-state index in [1.165, 1.54) is 16.9 Å². The number of nitrogens with one attached hydrogen (secondary N) is 2. The minimum atomic E-state index is -0.0272. The van der Waals surface area contributed by atoms with Crippen LogP contribution >= 0.6 is 11.3 Å². The third-order valence-corrected chi connectivity index (χ3v) is 8.55. The third-order valence-electron chi connectivity index (χ3n) is 7.34. The molecule has 2 aromatic heterocycles. The van der Waals surface area contributed by atoms with Gasteiger partial charge in [-0.1, -0.05) is 12.1 Å². The van der Waals surface area contributed by atoms with Crippen LogP contribution in [0.25, 0.3) is 21.5 Å². The summed E-state index contributed by atoms with van der Waals surface area (Å²) >= 11 is 1.46. The number of carbonyl (C=O) groups is 1. The van der Waals surface area contributed by atoms with E-state index in [1.54, 1.807) is 0 Å². The molecule has 0 radical (unpaired) electrons. The Bertz CT molecular complexity index is 1490. The first-order chi connectivity index (χ1) is 18.4. The molecule has 0 spiro atoms. The number of thiazole rings is 1. The maximum absolute atomic E-state index is 13.2. The van der Waals surface area contributed by atoms with E-state index in [1.807, 2.05) is 56.3 Å². The van der Waals surface area contributed by atoms with Gasteiger partial charge in [0, 0.05) is 43.5 Å². The zero-order chi connectivity index (χ0) is 26.2. The van der Waals surface area contributed by atoms with E-state index in [2.05, 4.69) is 22.8 Å². The van der Waals surface area contributed by atoms with E-state index in [9.17, 15) is 4.79 Å². The van der Waals surface area contributed by atoms with Crippen molar-refractivity contribution in [3.63, 3.8) is 0 Å². The lowest BCUT2D eigenvalue weighted by molar-refractivity contribution is 0.0930. The molecule has 8 nitrogen and oxygen atoms in total. The van der Waals surface area contributed by atoms with Crippen LogP contribution in [-0.2, 0) is 6.42 Å². The van der Waals surface area contributed by atoms with E-state index in [0.29, 0.717) is 10.8 Å². The lowest BCUT2D eigenvalue weighted by atomic mass is 9.91. The standard InChI is InChI=1S/C29H32N6O2S/c1-17-25(38-28(30-17)19-8-13-24-18(16-19)14-15-37-24)27(36)31-20-9-11-21(12-10-20)32-29-33-23-7-5-4-6-22(23)26(34-29)35(2)3/h4-8,13,16,20-21H,9-12,14-15H2,1-3H3,(H,31,36)(H,32,33,34)/t20-,21+. The minimum absolute atomic E-state index is 0.0272. The summed E-state index contributed by atoms with van der Waals surface area (Å²) in [5.41, 5.74) is 3.96. The van der Waals surface area contributed by atoms with Crippen molar-refractivity contribution in [1.82, 2.24) is 20.3 Å². The Morgan fingerprint density at radius 1 is 1.03 bits per heavy atom. The summed E-state index contributed by atoms with van der Waals surface area (Å²) in [6, 6.07) is 14.7. The molecule has 1 aliphatic carbocycles. The first-order valence-corrected chi connectivity index (χ1v) is 14.0. The topological polar surface area (TPSA) is 92.3 Å². The second kappa shape index (κ2) is 10.2. The van der Waals surface area contributed by atoms with Crippen molar-refractivity contribution in [2.24, 2.45) is 0 Å². The van der Waals surface area contributed by atoms with Gasteiger partial charge in [0.1, 0.15) is 21.5 Å². The Morgan fingerprint density at radius 2 is 1.82 bits per heavy atom. The molecule has 4 aromatic rings. The molecule has 0 atom stereocenters. The molecule has 196 valence electrons. The fraction of sp³-hybridized carbons (Fsp3) is 0.379. The molecule has 1 aliphatic heterocycles. The number of aromatic nitrogens is 3. The van der Waals surface area contributed by atoms with Crippen molar-refractivity contribution in [3.05, 3.63) is 58.6 Å². The normalized spacial score (nSPS) is 18.6. The summed E-state index contributed by atoms with van der Waals surface area (Å²) in [6.07, 6.45) is 4.63. The lowest BCUT2D eigenvalue weighted by Crippen LogP contribution is -2.40. The molecule has 0 saturated heterocycles. The van der Waals surface area contributed by atoms with Crippen LogP contribution in [0.5, 0.6) is 5.75 Å². The molecular formula is C29H32N6O2S. The van der Waals surface area contributed by atoms with Crippen LogP contribution in [0.2, 0.25) is 0 Å². The highest BCUT2D eigenvalue weighted by molar-refractivity contribution is 7.17. The van der Waals surface area contributed by atoms with Crippen LogP contribution in [0, 0.1) is 6.92 Å². The monoisotopic (exact) mass is 528 g/mol. The van der Waals surface area contributed by atoms with Crippen LogP contribution in [0.1, 0.15) is 46.6 Å². The average molecular weight is 529 g/mol. The Morgan fingerprint density at radius 3 is 2.63 bits per heavy atom. The number of carbonyl (C=O) groups excluding carboxylic acids is 1. The Hall–Kier alpha value is -3.72. The van der Waals surface area contributed by atoms with Gasteiger partial charge >= 0.3 is 0 Å². The molecule has 1 fully saturated rings. The van der Waals surface area contributed by atoms with Crippen LogP contribution in [-0.4, -0.2) is 53.6 Å². The van der Waals surface area contributed by atoms with Gasteiger partial charge in [0.2, 0.25) is 5.95 Å². The number of rotatable bonds is 6. The average Bonchev–Trinajstić information content (AvgIpc) is 3.55. The number of ether oxygens (including phenoxy) is 1. The van der Waals surface area contributed by atoms with Gasteiger partial charge < -0.3 is 20.3 Å². The van der Waals surface area contributed by atoms with Gasteiger partial charge in [-0.15, -0.1) is 11.3 Å². The highest BCUT2D eigenvalue weighted by Gasteiger charge is 2.26. The fourth-order valence-corrected chi connectivity index (χ4v) is 6.30. The molecular weight excluding hydrogens is 496 g/mol. The van der Waals surface area contributed by atoms with Crippen molar-refractivity contribution < 1.29 is 9.53 Å². The van der Waals surface area contributed by atoms with Crippen LogP contribution < -0.4 is 20.3 Å². The number of anilines is 2. The Labute approximate surface area is 226 Å². The summed E-state index contributed by atoms with van der Waals surface area (Å²) < 4.78 is 5.62. The molecule has 2 N–H and O–H groups in total. The number of para-hydroxylation sites is 1. The molecule has 6 rings (SSSR count). The van der Waals surface area contributed by atoms with Crippen molar-refractivity contribution in [1.29, 1.82) is 0 Å². The van der Waals surface area contributed by atoms with Gasteiger partial charge in [0.15, 0.2) is 0 Å². The molecule has 1 saturated carbocycles. The zero-order valence-electron chi connectivity index (χ0n) is 22.0. The van der Waals surface area contributed by atoms with E-state index < -0.39 is 0 Å². The molecule has 9 heteroatoms.